The van der Waals surface area contributed by atoms with Crippen LogP contribution in [0.1, 0.15) is 0 Å². The Hall–Kier alpha value is -0.940. The molecule has 0 radical (unpaired) electrons. The number of aliphatic hydroxyl groups excluding tert-OH is 1. The van der Waals surface area contributed by atoms with E-state index >= 15 is 0 Å². The molecule has 1 N–H and O–H groups in total. The molecule has 1 atom stereocenters. The van der Waals surface area contributed by atoms with Crippen molar-refractivity contribution in [2.24, 2.45) is 0 Å². The third kappa shape index (κ3) is 2.65. The highest BCUT2D eigenvalue weighted by molar-refractivity contribution is 4.66. The van der Waals surface area contributed by atoms with Gasteiger partial charge in [-0.15, -0.1) is 5.10 Å². The fourth-order valence-corrected chi connectivity index (χ4v) is 0.791. The molecule has 1 aromatic heterocycles. The summed E-state index contributed by atoms with van der Waals surface area (Å²) >= 11 is 0. The molecule has 0 saturated heterocycles. The van der Waals surface area contributed by atoms with Crippen LogP contribution in [0.2, 0.25) is 0 Å². The molecule has 0 aliphatic rings. The molecule has 0 aromatic carbocycles. The van der Waals surface area contributed by atoms with E-state index in [1.165, 1.54) is 0 Å². The average Bonchev–Trinajstić information content (AvgIpc) is 2.40. The van der Waals surface area contributed by atoms with Gasteiger partial charge in [0, 0.05) is 13.3 Å². The molecule has 0 fully saturated rings. The van der Waals surface area contributed by atoms with Crippen molar-refractivity contribution in [3.8, 4) is 0 Å². The number of methoxy groups -OCH3 is 1. The van der Waals surface area contributed by atoms with E-state index in [2.05, 4.69) is 10.3 Å². The maximum absolute atomic E-state index is 9.21. The summed E-state index contributed by atoms with van der Waals surface area (Å²) in [4.78, 5) is 0. The Morgan fingerprint density at radius 2 is 2.55 bits per heavy atom. The van der Waals surface area contributed by atoms with Gasteiger partial charge in [0.1, 0.15) is 0 Å². The van der Waals surface area contributed by atoms with Gasteiger partial charge in [-0.25, -0.2) is 4.68 Å². The molecular formula is C6H11N3O2. The van der Waals surface area contributed by atoms with Gasteiger partial charge >= 0.3 is 0 Å². The van der Waals surface area contributed by atoms with Gasteiger partial charge in [0.2, 0.25) is 0 Å². The van der Waals surface area contributed by atoms with Crippen LogP contribution >= 0.6 is 0 Å². The normalized spacial score (nSPS) is 13.3. The number of ether oxygens (including phenoxy) is 1. The second kappa shape index (κ2) is 4.05. The number of aliphatic hydroxyl groups is 1. The van der Waals surface area contributed by atoms with E-state index in [4.69, 9.17) is 4.74 Å². The minimum absolute atomic E-state index is 0.319. The Kier molecular flexibility index (Phi) is 3.00. The summed E-state index contributed by atoms with van der Waals surface area (Å²) in [6.07, 6.45) is 2.75. The first-order valence-corrected chi connectivity index (χ1v) is 3.34. The smallest absolute Gasteiger partial charge is 0.0969 e. The fourth-order valence-electron chi connectivity index (χ4n) is 0.791. The Labute approximate surface area is 64.6 Å². The monoisotopic (exact) mass is 157 g/mol. The van der Waals surface area contributed by atoms with Crippen molar-refractivity contribution in [3.05, 3.63) is 12.4 Å². The third-order valence-corrected chi connectivity index (χ3v) is 1.23. The molecule has 0 saturated carbocycles. The molecule has 5 nitrogen and oxygen atoms in total. The first-order chi connectivity index (χ1) is 5.33. The highest BCUT2D eigenvalue weighted by Gasteiger charge is 2.03. The van der Waals surface area contributed by atoms with Crippen LogP contribution in [0, 0.1) is 0 Å². The van der Waals surface area contributed by atoms with Crippen LogP contribution in [0.15, 0.2) is 12.4 Å². The molecule has 5 heteroatoms. The SMILES string of the molecule is COCC(O)Cn1ccnn1. The summed E-state index contributed by atoms with van der Waals surface area (Å²) in [6, 6.07) is 0. The van der Waals surface area contributed by atoms with Gasteiger partial charge in [0.25, 0.3) is 0 Å². The zero-order chi connectivity index (χ0) is 8.10. The summed E-state index contributed by atoms with van der Waals surface area (Å²) in [6.45, 7) is 0.744. The first-order valence-electron chi connectivity index (χ1n) is 3.34. The van der Waals surface area contributed by atoms with E-state index in [1.54, 1.807) is 24.2 Å². The molecular weight excluding hydrogens is 146 g/mol. The predicted molar refractivity (Wildman–Crippen MR) is 37.9 cm³/mol. The zero-order valence-electron chi connectivity index (χ0n) is 6.34. The molecule has 0 spiro atoms. The van der Waals surface area contributed by atoms with E-state index in [-0.39, 0.29) is 0 Å². The highest BCUT2D eigenvalue weighted by Crippen LogP contribution is 1.89. The Balaban J connectivity index is 2.31. The third-order valence-electron chi connectivity index (χ3n) is 1.23. The number of hydrogen-bond acceptors (Lipinski definition) is 4. The van der Waals surface area contributed by atoms with E-state index in [1.807, 2.05) is 0 Å². The van der Waals surface area contributed by atoms with Gasteiger partial charge in [0.15, 0.2) is 0 Å². The number of hydrogen-bond donors (Lipinski definition) is 1. The summed E-state index contributed by atoms with van der Waals surface area (Å²) in [5, 5.41) is 16.5. The van der Waals surface area contributed by atoms with Crippen molar-refractivity contribution in [1.29, 1.82) is 0 Å². The van der Waals surface area contributed by atoms with Gasteiger partial charge in [0.05, 0.1) is 25.5 Å². The van der Waals surface area contributed by atoms with Crippen molar-refractivity contribution in [3.63, 3.8) is 0 Å². The molecule has 0 bridgehead atoms. The van der Waals surface area contributed by atoms with E-state index < -0.39 is 6.10 Å². The largest absolute Gasteiger partial charge is 0.389 e. The minimum Gasteiger partial charge on any atom is -0.389 e. The minimum atomic E-state index is -0.512. The quantitative estimate of drug-likeness (QED) is 0.627. The van der Waals surface area contributed by atoms with Crippen LogP contribution in [0.3, 0.4) is 0 Å². The number of nitrogens with zero attached hydrogens (tertiary/aromatic N) is 3. The fraction of sp³-hybridized carbons (Fsp3) is 0.667. The van der Waals surface area contributed by atoms with Crippen molar-refractivity contribution in [2.45, 2.75) is 12.6 Å². The summed E-state index contributed by atoms with van der Waals surface area (Å²) in [5.74, 6) is 0. The summed E-state index contributed by atoms with van der Waals surface area (Å²) in [7, 11) is 1.55. The van der Waals surface area contributed by atoms with E-state index in [9.17, 15) is 5.11 Å². The molecule has 0 amide bonds. The van der Waals surface area contributed by atoms with Gasteiger partial charge in [-0.05, 0) is 0 Å². The van der Waals surface area contributed by atoms with Gasteiger partial charge in [-0.3, -0.25) is 0 Å². The molecule has 11 heavy (non-hydrogen) atoms. The lowest BCUT2D eigenvalue weighted by Gasteiger charge is -2.07. The lowest BCUT2D eigenvalue weighted by Crippen LogP contribution is -2.21. The first kappa shape index (κ1) is 8.16. The summed E-state index contributed by atoms with van der Waals surface area (Å²) < 4.78 is 6.30. The Morgan fingerprint density at radius 3 is 3.09 bits per heavy atom. The lowest BCUT2D eigenvalue weighted by molar-refractivity contribution is 0.0510. The predicted octanol–water partition coefficient (Wildman–Crippen LogP) is -0.715. The summed E-state index contributed by atoms with van der Waals surface area (Å²) in [5.41, 5.74) is 0. The van der Waals surface area contributed by atoms with E-state index in [0.29, 0.717) is 13.2 Å². The number of aromatic nitrogens is 3. The maximum Gasteiger partial charge on any atom is 0.0969 e. The Bertz CT molecular complexity index is 188. The molecule has 1 heterocycles. The molecule has 0 aliphatic carbocycles. The average molecular weight is 157 g/mol. The Morgan fingerprint density at radius 1 is 1.73 bits per heavy atom. The molecule has 62 valence electrons. The second-order valence-electron chi connectivity index (χ2n) is 2.23. The van der Waals surface area contributed by atoms with Crippen molar-refractivity contribution >= 4 is 0 Å². The van der Waals surface area contributed by atoms with Crippen LogP contribution < -0.4 is 0 Å². The van der Waals surface area contributed by atoms with Crippen LogP contribution in [0.5, 0.6) is 0 Å². The maximum atomic E-state index is 9.21. The van der Waals surface area contributed by atoms with Crippen LogP contribution in [-0.4, -0.2) is 39.9 Å². The van der Waals surface area contributed by atoms with Crippen LogP contribution in [0.4, 0.5) is 0 Å². The van der Waals surface area contributed by atoms with E-state index in [0.717, 1.165) is 0 Å². The lowest BCUT2D eigenvalue weighted by atomic mass is 10.4. The molecule has 1 aromatic rings. The topological polar surface area (TPSA) is 60.2 Å². The van der Waals surface area contributed by atoms with Gasteiger partial charge < -0.3 is 9.84 Å². The van der Waals surface area contributed by atoms with Gasteiger partial charge in [-0.1, -0.05) is 5.21 Å². The van der Waals surface area contributed by atoms with Crippen molar-refractivity contribution in [2.75, 3.05) is 13.7 Å². The standard InChI is InChI=1S/C6H11N3O2/c1-11-5-6(10)4-9-3-2-7-8-9/h2-3,6,10H,4-5H2,1H3. The second-order valence-corrected chi connectivity index (χ2v) is 2.23. The highest BCUT2D eigenvalue weighted by atomic mass is 16.5. The number of rotatable bonds is 4. The molecule has 1 unspecified atom stereocenters. The molecule has 0 aliphatic heterocycles. The molecule has 1 rings (SSSR count). The van der Waals surface area contributed by atoms with Crippen molar-refractivity contribution in [1.82, 2.24) is 15.0 Å². The van der Waals surface area contributed by atoms with Crippen molar-refractivity contribution < 1.29 is 9.84 Å². The zero-order valence-corrected chi connectivity index (χ0v) is 6.34. The van der Waals surface area contributed by atoms with Crippen LogP contribution in [-0.2, 0) is 11.3 Å². The van der Waals surface area contributed by atoms with Crippen LogP contribution in [0.25, 0.3) is 0 Å². The van der Waals surface area contributed by atoms with Gasteiger partial charge in [-0.2, -0.15) is 0 Å².